The third kappa shape index (κ3) is 13.8. The van der Waals surface area contributed by atoms with Crippen LogP contribution < -0.4 is 0 Å². The van der Waals surface area contributed by atoms with E-state index in [1.807, 2.05) is 13.1 Å². The van der Waals surface area contributed by atoms with Crippen LogP contribution in [0.4, 0.5) is 0 Å². The summed E-state index contributed by atoms with van der Waals surface area (Å²) >= 11 is 37.4. The normalized spacial score (nSPS) is 14.1. The van der Waals surface area contributed by atoms with Crippen LogP contribution in [-0.2, 0) is 28.5 Å². The summed E-state index contributed by atoms with van der Waals surface area (Å²) < 4.78 is 31.1. The molecule has 0 fully saturated rings. The smallest absolute Gasteiger partial charge is 0.308 e. The van der Waals surface area contributed by atoms with Gasteiger partial charge in [-0.25, -0.2) is 0 Å². The lowest BCUT2D eigenvalue weighted by molar-refractivity contribution is -0.404. The number of ketones is 1. The molecule has 0 aromatic carbocycles. The van der Waals surface area contributed by atoms with Crippen LogP contribution in [0.1, 0.15) is 77.6 Å². The van der Waals surface area contributed by atoms with Crippen molar-refractivity contribution in [2.45, 2.75) is 107 Å². The first-order chi connectivity index (χ1) is 19.7. The molecule has 0 aliphatic rings. The maximum absolute atomic E-state index is 14.4. The van der Waals surface area contributed by atoms with E-state index in [0.717, 1.165) is 19.3 Å². The van der Waals surface area contributed by atoms with Gasteiger partial charge in [-0.3, -0.25) is 4.79 Å². The van der Waals surface area contributed by atoms with Gasteiger partial charge in [0.25, 0.3) is 5.79 Å². The number of hydrogen-bond donors (Lipinski definition) is 0. The highest BCUT2D eigenvalue weighted by Crippen LogP contribution is 2.48. The van der Waals surface area contributed by atoms with E-state index in [4.69, 9.17) is 93.3 Å². The lowest BCUT2D eigenvalue weighted by Gasteiger charge is -2.55. The lowest BCUT2D eigenvalue weighted by Crippen LogP contribution is -2.78. The van der Waals surface area contributed by atoms with Gasteiger partial charge in [-0.1, -0.05) is 89.4 Å². The Morgan fingerprint density at radius 1 is 0.585 bits per heavy atom. The van der Waals surface area contributed by atoms with Gasteiger partial charge in [0.2, 0.25) is 0 Å². The fraction of sp³-hybridized carbons (Fsp3) is 0.964. The molecule has 0 rings (SSSR count). The first-order valence-electron chi connectivity index (χ1n) is 14.8. The van der Waals surface area contributed by atoms with Crippen LogP contribution in [0, 0.1) is 0 Å². The van der Waals surface area contributed by atoms with Gasteiger partial charge in [0.05, 0.1) is 33.0 Å². The van der Waals surface area contributed by atoms with Gasteiger partial charge in [0.15, 0.2) is 11.0 Å². The standard InChI is InChI=1S/C28H51Cl6O6Si/c1-4-5-6-7-8-9-10-11-12-13-14-25(35)26(41(2)3,36-20-15-29)27(37-21-16-30,38-22-17-31)28(34,39-23-18-32)40-24-19-33/h4-24H2,1-3H3. The summed E-state index contributed by atoms with van der Waals surface area (Å²) in [6, 6.07) is 0. The zero-order valence-corrected chi connectivity index (χ0v) is 30.6. The van der Waals surface area contributed by atoms with Crippen molar-refractivity contribution in [2.75, 3.05) is 62.4 Å². The van der Waals surface area contributed by atoms with Crippen LogP contribution in [0.5, 0.6) is 0 Å². The number of unbranched alkanes of at least 4 members (excludes halogenated alkanes) is 9. The lowest BCUT2D eigenvalue weighted by atomic mass is 9.97. The summed E-state index contributed by atoms with van der Waals surface area (Å²) in [4.78, 5) is 14.4. The molecular weight excluding hydrogens is 673 g/mol. The minimum Gasteiger partial charge on any atom is -0.364 e. The molecule has 0 spiro atoms. The summed E-state index contributed by atoms with van der Waals surface area (Å²) in [6.07, 6.45) is 11.6. The number of carbonyl (C=O) groups is 1. The zero-order valence-electron chi connectivity index (χ0n) is 25.1. The van der Waals surface area contributed by atoms with E-state index >= 15 is 0 Å². The molecule has 0 bridgehead atoms. The molecular formula is C28H51Cl6O6Si. The maximum atomic E-state index is 14.4. The average molecular weight is 725 g/mol. The van der Waals surface area contributed by atoms with Gasteiger partial charge >= 0.3 is 5.25 Å². The molecule has 0 saturated carbocycles. The van der Waals surface area contributed by atoms with Gasteiger partial charge in [0, 0.05) is 35.8 Å². The molecule has 13 heteroatoms. The van der Waals surface area contributed by atoms with Crippen molar-refractivity contribution < 1.29 is 28.5 Å². The van der Waals surface area contributed by atoms with Gasteiger partial charge < -0.3 is 23.7 Å². The average Bonchev–Trinajstić information content (AvgIpc) is 2.96. The number of ether oxygens (including phenoxy) is 5. The summed E-state index contributed by atoms with van der Waals surface area (Å²) in [5.74, 6) is -1.84. The predicted molar refractivity (Wildman–Crippen MR) is 176 cm³/mol. The van der Waals surface area contributed by atoms with E-state index in [2.05, 4.69) is 6.92 Å². The number of rotatable bonds is 30. The Kier molecular flexibility index (Phi) is 26.5. The van der Waals surface area contributed by atoms with Gasteiger partial charge in [0.1, 0.15) is 8.80 Å². The Morgan fingerprint density at radius 3 is 1.34 bits per heavy atom. The van der Waals surface area contributed by atoms with E-state index in [1.165, 1.54) is 38.5 Å². The molecule has 1 atom stereocenters. The summed E-state index contributed by atoms with van der Waals surface area (Å²) in [5, 5.41) is -3.87. The van der Waals surface area contributed by atoms with Crippen LogP contribution in [0.3, 0.4) is 0 Å². The quantitative estimate of drug-likeness (QED) is 0.0320. The minimum atomic E-state index is -2.17. The minimum absolute atomic E-state index is 0.0305. The van der Waals surface area contributed by atoms with E-state index < -0.39 is 25.1 Å². The Bertz CT molecular complexity index is 635. The van der Waals surface area contributed by atoms with Crippen molar-refractivity contribution in [1.82, 2.24) is 0 Å². The summed E-state index contributed by atoms with van der Waals surface area (Å²) in [6.45, 7) is 5.98. The van der Waals surface area contributed by atoms with Crippen LogP contribution in [0.2, 0.25) is 13.1 Å². The second-order valence-corrected chi connectivity index (χ2v) is 15.0. The molecule has 1 radical (unpaired) electrons. The number of hydrogen-bond acceptors (Lipinski definition) is 6. The SMILES string of the molecule is CCCCCCCCCCCCC(=O)C(OCCCl)([Si](C)C)C(OCCCl)(OCCCl)C(Cl)(OCCCl)OCCCl. The highest BCUT2D eigenvalue weighted by Gasteiger charge is 2.73. The van der Waals surface area contributed by atoms with E-state index in [-0.39, 0.29) is 74.6 Å². The van der Waals surface area contributed by atoms with Crippen LogP contribution in [-0.4, -0.2) is 93.3 Å². The maximum Gasteiger partial charge on any atom is 0.308 e. The molecule has 0 aromatic heterocycles. The molecule has 1 unspecified atom stereocenters. The first-order valence-corrected chi connectivity index (χ1v) is 20.3. The molecule has 245 valence electrons. The van der Waals surface area contributed by atoms with Crippen molar-refractivity contribution >= 4 is 84.2 Å². The highest BCUT2D eigenvalue weighted by molar-refractivity contribution is 6.64. The summed E-state index contributed by atoms with van der Waals surface area (Å²) in [5.41, 5.74) is 0. The van der Waals surface area contributed by atoms with Crippen molar-refractivity contribution in [3.63, 3.8) is 0 Å². The van der Waals surface area contributed by atoms with Crippen LogP contribution in [0.25, 0.3) is 0 Å². The Morgan fingerprint density at radius 2 is 0.951 bits per heavy atom. The predicted octanol–water partition coefficient (Wildman–Crippen LogP) is 8.76. The molecule has 0 amide bonds. The molecule has 0 aromatic rings. The Balaban J connectivity index is 6.35. The third-order valence-electron chi connectivity index (χ3n) is 6.60. The molecule has 41 heavy (non-hydrogen) atoms. The molecule has 0 aliphatic carbocycles. The second kappa shape index (κ2) is 25.6. The van der Waals surface area contributed by atoms with Crippen molar-refractivity contribution in [2.24, 2.45) is 0 Å². The van der Waals surface area contributed by atoms with Gasteiger partial charge in [-0.05, 0) is 6.42 Å². The second-order valence-electron chi connectivity index (χ2n) is 9.88. The third-order valence-corrected chi connectivity index (χ3v) is 10.0. The fourth-order valence-corrected chi connectivity index (χ4v) is 7.72. The molecule has 0 heterocycles. The molecule has 0 aliphatic heterocycles. The monoisotopic (exact) mass is 721 g/mol. The number of halogens is 6. The topological polar surface area (TPSA) is 63.2 Å². The zero-order chi connectivity index (χ0) is 31.0. The van der Waals surface area contributed by atoms with E-state index in [9.17, 15) is 4.79 Å². The Labute approximate surface area is 280 Å². The summed E-state index contributed by atoms with van der Waals surface area (Å²) in [7, 11) is -1.79. The molecule has 6 nitrogen and oxygen atoms in total. The number of alkyl halides is 6. The largest absolute Gasteiger partial charge is 0.364 e. The van der Waals surface area contributed by atoms with Crippen molar-refractivity contribution in [3.05, 3.63) is 0 Å². The molecule has 0 N–H and O–H groups in total. The van der Waals surface area contributed by atoms with Gasteiger partial charge in [-0.15, -0.1) is 58.0 Å². The van der Waals surface area contributed by atoms with Crippen molar-refractivity contribution in [3.8, 4) is 0 Å². The number of carbonyl (C=O) groups excluding carboxylic acids is 1. The van der Waals surface area contributed by atoms with E-state index in [0.29, 0.717) is 6.42 Å². The molecule has 0 saturated heterocycles. The van der Waals surface area contributed by atoms with E-state index in [1.54, 1.807) is 0 Å². The number of Topliss-reactive ketones (excluding diaryl/α,β-unsaturated/α-hetero) is 1. The Hall–Kier alpha value is 1.43. The van der Waals surface area contributed by atoms with Crippen molar-refractivity contribution in [1.29, 1.82) is 0 Å². The van der Waals surface area contributed by atoms with Crippen LogP contribution >= 0.6 is 69.6 Å². The first kappa shape index (κ1) is 42.4. The fourth-order valence-electron chi connectivity index (χ4n) is 4.82. The van der Waals surface area contributed by atoms with Gasteiger partial charge in [-0.2, -0.15) is 0 Å². The van der Waals surface area contributed by atoms with Crippen LogP contribution in [0.15, 0.2) is 0 Å². The highest BCUT2D eigenvalue weighted by atomic mass is 35.5.